The topological polar surface area (TPSA) is 74.7 Å². The standard InChI is InChI=1S/C16H19NO4S/c1-22-5-4-11(16(20)21)17-14(18)12-7-2-3-8(10-6-9(7)10)13(12)15(17)19/h2-3,7-13H,4-6H2,1H3,(H,20,21)/t7-,8-,9-,10+,11+,12-,13+/m0/s1. The first-order valence-electron chi connectivity index (χ1n) is 7.83. The number of aliphatic carboxylic acids is 1. The van der Waals surface area contributed by atoms with Gasteiger partial charge in [-0.2, -0.15) is 11.8 Å². The summed E-state index contributed by atoms with van der Waals surface area (Å²) in [7, 11) is 0. The van der Waals surface area contributed by atoms with Crippen LogP contribution in [0.3, 0.4) is 0 Å². The van der Waals surface area contributed by atoms with Crippen LogP contribution in [0.1, 0.15) is 12.8 Å². The second kappa shape index (κ2) is 4.85. The predicted molar refractivity (Wildman–Crippen MR) is 81.0 cm³/mol. The third kappa shape index (κ3) is 1.76. The highest BCUT2D eigenvalue weighted by atomic mass is 32.2. The summed E-state index contributed by atoms with van der Waals surface area (Å²) in [5, 5.41) is 9.47. The largest absolute Gasteiger partial charge is 0.480 e. The molecular formula is C16H19NO4S. The highest BCUT2D eigenvalue weighted by Gasteiger charge is 2.67. The number of hydrogen-bond donors (Lipinski definition) is 1. The summed E-state index contributed by atoms with van der Waals surface area (Å²) < 4.78 is 0. The van der Waals surface area contributed by atoms with Gasteiger partial charge in [0.05, 0.1) is 11.8 Å². The molecule has 3 fully saturated rings. The van der Waals surface area contributed by atoms with Crippen LogP contribution in [0.25, 0.3) is 0 Å². The maximum absolute atomic E-state index is 12.8. The molecule has 1 heterocycles. The maximum atomic E-state index is 12.8. The number of hydrogen-bond acceptors (Lipinski definition) is 4. The van der Waals surface area contributed by atoms with Crippen LogP contribution in [0.15, 0.2) is 12.2 Å². The van der Waals surface area contributed by atoms with Crippen molar-refractivity contribution < 1.29 is 19.5 Å². The zero-order chi connectivity index (χ0) is 15.6. The first-order valence-corrected chi connectivity index (χ1v) is 9.22. The van der Waals surface area contributed by atoms with Crippen LogP contribution in [-0.2, 0) is 14.4 Å². The minimum absolute atomic E-state index is 0.149. The summed E-state index contributed by atoms with van der Waals surface area (Å²) in [6.07, 6.45) is 7.54. The minimum atomic E-state index is -1.07. The van der Waals surface area contributed by atoms with Crippen molar-refractivity contribution in [3.63, 3.8) is 0 Å². The number of carbonyl (C=O) groups is 3. The molecule has 5 rings (SSSR count). The van der Waals surface area contributed by atoms with Gasteiger partial charge in [0.15, 0.2) is 0 Å². The molecule has 2 amide bonds. The highest BCUT2D eigenvalue weighted by molar-refractivity contribution is 7.98. The number of carboxylic acid groups (broad SMARTS) is 1. The molecule has 6 heteroatoms. The van der Waals surface area contributed by atoms with Gasteiger partial charge in [-0.1, -0.05) is 12.2 Å². The molecule has 5 aliphatic rings. The van der Waals surface area contributed by atoms with Gasteiger partial charge in [-0.05, 0) is 48.5 Å². The molecule has 0 aromatic rings. The lowest BCUT2D eigenvalue weighted by atomic mass is 9.63. The smallest absolute Gasteiger partial charge is 0.326 e. The molecule has 0 aromatic carbocycles. The van der Waals surface area contributed by atoms with E-state index in [0.717, 1.165) is 11.3 Å². The van der Waals surface area contributed by atoms with E-state index in [1.54, 1.807) is 0 Å². The van der Waals surface area contributed by atoms with Crippen LogP contribution in [0.4, 0.5) is 0 Å². The van der Waals surface area contributed by atoms with E-state index in [1.165, 1.54) is 11.8 Å². The van der Waals surface area contributed by atoms with E-state index < -0.39 is 12.0 Å². The molecule has 2 bridgehead atoms. The lowest BCUT2D eigenvalue weighted by molar-refractivity contribution is -0.155. The van der Waals surface area contributed by atoms with E-state index in [2.05, 4.69) is 12.2 Å². The molecule has 1 N–H and O–H groups in total. The molecule has 0 unspecified atom stereocenters. The van der Waals surface area contributed by atoms with Crippen molar-refractivity contribution >= 4 is 29.5 Å². The van der Waals surface area contributed by atoms with Crippen molar-refractivity contribution in [1.82, 2.24) is 4.90 Å². The van der Waals surface area contributed by atoms with E-state index in [4.69, 9.17) is 0 Å². The first kappa shape index (κ1) is 14.3. The van der Waals surface area contributed by atoms with Crippen LogP contribution in [0.5, 0.6) is 0 Å². The first-order chi connectivity index (χ1) is 10.6. The van der Waals surface area contributed by atoms with Crippen LogP contribution < -0.4 is 0 Å². The molecule has 0 spiro atoms. The Morgan fingerprint density at radius 1 is 1.27 bits per heavy atom. The number of nitrogens with zero attached hydrogens (tertiary/aromatic N) is 1. The number of carboxylic acids is 1. The lowest BCUT2D eigenvalue weighted by Gasteiger charge is -2.37. The zero-order valence-electron chi connectivity index (χ0n) is 12.3. The second-order valence-electron chi connectivity index (χ2n) is 6.84. The molecular weight excluding hydrogens is 302 g/mol. The summed E-state index contributed by atoms with van der Waals surface area (Å²) in [5.41, 5.74) is 0. The Balaban J connectivity index is 1.65. The van der Waals surface area contributed by atoms with Crippen molar-refractivity contribution in [3.05, 3.63) is 12.2 Å². The monoisotopic (exact) mass is 321 g/mol. The normalized spacial score (nSPS) is 42.3. The van der Waals surface area contributed by atoms with Gasteiger partial charge in [0.1, 0.15) is 6.04 Å². The Morgan fingerprint density at radius 3 is 2.27 bits per heavy atom. The summed E-state index contributed by atoms with van der Waals surface area (Å²) in [5.74, 6) is -0.150. The maximum Gasteiger partial charge on any atom is 0.326 e. The molecule has 2 saturated carbocycles. The van der Waals surface area contributed by atoms with Gasteiger partial charge in [-0.3, -0.25) is 14.5 Å². The second-order valence-corrected chi connectivity index (χ2v) is 7.82. The van der Waals surface area contributed by atoms with Crippen molar-refractivity contribution in [2.75, 3.05) is 12.0 Å². The Labute approximate surface area is 133 Å². The van der Waals surface area contributed by atoms with E-state index in [-0.39, 0.29) is 35.5 Å². The Kier molecular flexibility index (Phi) is 3.15. The Hall–Kier alpha value is -1.30. The fourth-order valence-electron chi connectivity index (χ4n) is 4.88. The number of amides is 2. The van der Waals surface area contributed by atoms with Gasteiger partial charge < -0.3 is 5.11 Å². The number of thioether (sulfide) groups is 1. The number of allylic oxidation sites excluding steroid dienone is 2. The molecule has 22 heavy (non-hydrogen) atoms. The van der Waals surface area contributed by atoms with Crippen LogP contribution in [0, 0.1) is 35.5 Å². The van der Waals surface area contributed by atoms with E-state index in [1.807, 2.05) is 6.26 Å². The molecule has 0 aromatic heterocycles. The summed E-state index contributed by atoms with van der Waals surface area (Å²) in [6.45, 7) is 0. The SMILES string of the molecule is CSCC[C@H](C(=O)O)N1C(=O)[C@@H]2[C@H]3C=C[C@@H]([C@@H]4C[C@H]34)[C@@H]2C1=O. The summed E-state index contributed by atoms with van der Waals surface area (Å²) >= 11 is 1.53. The molecule has 1 aliphatic heterocycles. The predicted octanol–water partition coefficient (Wildman–Crippen LogP) is 1.25. The van der Waals surface area contributed by atoms with Gasteiger partial charge >= 0.3 is 5.97 Å². The average Bonchev–Trinajstić information content (AvgIpc) is 3.27. The zero-order valence-corrected chi connectivity index (χ0v) is 13.2. The van der Waals surface area contributed by atoms with Crippen molar-refractivity contribution in [3.8, 4) is 0 Å². The molecule has 7 atom stereocenters. The number of imide groups is 1. The Morgan fingerprint density at radius 2 is 1.82 bits per heavy atom. The van der Waals surface area contributed by atoms with Crippen molar-refractivity contribution in [2.45, 2.75) is 18.9 Å². The van der Waals surface area contributed by atoms with Crippen molar-refractivity contribution in [2.24, 2.45) is 35.5 Å². The van der Waals surface area contributed by atoms with Gasteiger partial charge in [-0.15, -0.1) is 0 Å². The van der Waals surface area contributed by atoms with Crippen LogP contribution >= 0.6 is 11.8 Å². The number of rotatable bonds is 5. The summed E-state index contributed by atoms with van der Waals surface area (Å²) in [6, 6.07) is -1.01. The van der Waals surface area contributed by atoms with Gasteiger partial charge in [0.25, 0.3) is 0 Å². The molecule has 4 aliphatic carbocycles. The van der Waals surface area contributed by atoms with Crippen LogP contribution in [-0.4, -0.2) is 45.8 Å². The van der Waals surface area contributed by atoms with Gasteiger partial charge in [0, 0.05) is 0 Å². The summed E-state index contributed by atoms with van der Waals surface area (Å²) in [4.78, 5) is 38.3. The molecule has 0 radical (unpaired) electrons. The van der Waals surface area contributed by atoms with E-state index in [9.17, 15) is 19.5 Å². The fraction of sp³-hybridized carbons (Fsp3) is 0.688. The van der Waals surface area contributed by atoms with E-state index >= 15 is 0 Å². The lowest BCUT2D eigenvalue weighted by Crippen LogP contribution is -2.46. The van der Waals surface area contributed by atoms with Gasteiger partial charge in [-0.25, -0.2) is 4.79 Å². The minimum Gasteiger partial charge on any atom is -0.480 e. The molecule has 118 valence electrons. The number of carbonyl (C=O) groups excluding carboxylic acids is 2. The Bertz CT molecular complexity index is 553. The van der Waals surface area contributed by atoms with Crippen LogP contribution in [0.2, 0.25) is 0 Å². The molecule has 5 nitrogen and oxygen atoms in total. The van der Waals surface area contributed by atoms with Crippen molar-refractivity contribution in [1.29, 1.82) is 0 Å². The quantitative estimate of drug-likeness (QED) is 0.609. The van der Waals surface area contributed by atoms with Gasteiger partial charge in [0.2, 0.25) is 11.8 Å². The number of likely N-dealkylation sites (tertiary alicyclic amines) is 1. The highest BCUT2D eigenvalue weighted by Crippen LogP contribution is 2.65. The van der Waals surface area contributed by atoms with E-state index in [0.29, 0.717) is 24.0 Å². The fourth-order valence-corrected chi connectivity index (χ4v) is 5.34. The molecule has 1 saturated heterocycles. The third-order valence-corrected chi connectivity index (χ3v) is 6.53. The third-order valence-electron chi connectivity index (χ3n) is 5.89. The average molecular weight is 321 g/mol.